The molecule has 2 N–H and O–H groups in total. The molecule has 2 saturated heterocycles. The van der Waals surface area contributed by atoms with Crippen molar-refractivity contribution in [3.8, 4) is 0 Å². The number of aromatic nitrogens is 2. The lowest BCUT2D eigenvalue weighted by atomic mass is 9.93. The standard InChI is InChI=1S/C14H23N5/c1-19-6-2-3-11(10-19)12-7-16-14(17-8-12)18-13-4-5-15-9-13/h7-8,11,13,15H,2-6,9-10H2,1H3,(H,16,17,18). The van der Waals surface area contributed by atoms with Crippen LogP contribution in [0.3, 0.4) is 0 Å². The highest BCUT2D eigenvalue weighted by Gasteiger charge is 2.20. The van der Waals surface area contributed by atoms with Crippen LogP contribution in [0.25, 0.3) is 0 Å². The van der Waals surface area contributed by atoms with Gasteiger partial charge in [-0.2, -0.15) is 0 Å². The van der Waals surface area contributed by atoms with Gasteiger partial charge >= 0.3 is 0 Å². The molecule has 0 aromatic carbocycles. The molecular weight excluding hydrogens is 238 g/mol. The van der Waals surface area contributed by atoms with Crippen molar-refractivity contribution in [1.29, 1.82) is 0 Å². The van der Waals surface area contributed by atoms with Gasteiger partial charge in [-0.05, 0) is 50.9 Å². The normalized spacial score (nSPS) is 28.5. The number of nitrogens with one attached hydrogen (secondary N) is 2. The van der Waals surface area contributed by atoms with Gasteiger partial charge < -0.3 is 15.5 Å². The summed E-state index contributed by atoms with van der Waals surface area (Å²) in [5.74, 6) is 1.36. The van der Waals surface area contributed by atoms with Crippen LogP contribution in [0.2, 0.25) is 0 Å². The number of hydrogen-bond donors (Lipinski definition) is 2. The van der Waals surface area contributed by atoms with E-state index in [1.165, 1.54) is 24.9 Å². The fourth-order valence-electron chi connectivity index (χ4n) is 3.02. The van der Waals surface area contributed by atoms with Crippen LogP contribution in [0.5, 0.6) is 0 Å². The molecule has 5 nitrogen and oxygen atoms in total. The van der Waals surface area contributed by atoms with Crippen molar-refractivity contribution < 1.29 is 0 Å². The Balaban J connectivity index is 1.61. The third-order valence-electron chi connectivity index (χ3n) is 4.16. The predicted octanol–water partition coefficient (Wildman–Crippen LogP) is 1.06. The van der Waals surface area contributed by atoms with Gasteiger partial charge in [0.2, 0.25) is 5.95 Å². The average Bonchev–Trinajstić information content (AvgIpc) is 2.92. The molecule has 2 fully saturated rings. The Morgan fingerprint density at radius 2 is 2.16 bits per heavy atom. The topological polar surface area (TPSA) is 53.1 Å². The van der Waals surface area contributed by atoms with Gasteiger partial charge in [0.25, 0.3) is 0 Å². The van der Waals surface area contributed by atoms with E-state index in [2.05, 4.69) is 32.5 Å². The molecular formula is C14H23N5. The van der Waals surface area contributed by atoms with E-state index in [9.17, 15) is 0 Å². The Kier molecular flexibility index (Phi) is 3.94. The molecule has 1 aromatic rings. The van der Waals surface area contributed by atoms with E-state index in [1.54, 1.807) is 0 Å². The number of hydrogen-bond acceptors (Lipinski definition) is 5. The van der Waals surface area contributed by atoms with Gasteiger partial charge in [0, 0.05) is 31.5 Å². The summed E-state index contributed by atoms with van der Waals surface area (Å²) in [7, 11) is 2.19. The van der Waals surface area contributed by atoms with Gasteiger partial charge in [0.1, 0.15) is 0 Å². The van der Waals surface area contributed by atoms with Gasteiger partial charge in [-0.1, -0.05) is 0 Å². The van der Waals surface area contributed by atoms with Gasteiger partial charge in [0.15, 0.2) is 0 Å². The molecule has 19 heavy (non-hydrogen) atoms. The Hall–Kier alpha value is -1.20. The third-order valence-corrected chi connectivity index (χ3v) is 4.16. The number of nitrogens with zero attached hydrogens (tertiary/aromatic N) is 3. The Morgan fingerprint density at radius 3 is 2.84 bits per heavy atom. The summed E-state index contributed by atoms with van der Waals surface area (Å²) in [6.07, 6.45) is 7.68. The minimum atomic E-state index is 0.478. The second-order valence-electron chi connectivity index (χ2n) is 5.78. The number of anilines is 1. The molecule has 0 amide bonds. The summed E-state index contributed by atoms with van der Waals surface area (Å²) in [6, 6.07) is 0.478. The van der Waals surface area contributed by atoms with E-state index in [-0.39, 0.29) is 0 Å². The van der Waals surface area contributed by atoms with Crippen molar-refractivity contribution in [2.45, 2.75) is 31.2 Å². The molecule has 2 unspecified atom stereocenters. The quantitative estimate of drug-likeness (QED) is 0.852. The largest absolute Gasteiger partial charge is 0.350 e. The maximum atomic E-state index is 4.47. The van der Waals surface area contributed by atoms with Gasteiger partial charge in [-0.25, -0.2) is 9.97 Å². The van der Waals surface area contributed by atoms with E-state index in [1.807, 2.05) is 12.4 Å². The zero-order chi connectivity index (χ0) is 13.1. The molecule has 3 heterocycles. The fourth-order valence-corrected chi connectivity index (χ4v) is 3.02. The van der Waals surface area contributed by atoms with Crippen LogP contribution in [0.4, 0.5) is 5.95 Å². The number of rotatable bonds is 3. The lowest BCUT2D eigenvalue weighted by molar-refractivity contribution is 0.250. The van der Waals surface area contributed by atoms with Crippen LogP contribution < -0.4 is 10.6 Å². The van der Waals surface area contributed by atoms with Gasteiger partial charge in [0.05, 0.1) is 0 Å². The van der Waals surface area contributed by atoms with Crippen LogP contribution in [0.1, 0.15) is 30.7 Å². The van der Waals surface area contributed by atoms with Crippen molar-refractivity contribution in [2.75, 3.05) is 38.5 Å². The summed E-state index contributed by atoms with van der Waals surface area (Å²) in [4.78, 5) is 11.3. The Morgan fingerprint density at radius 1 is 1.32 bits per heavy atom. The molecule has 0 radical (unpaired) electrons. The van der Waals surface area contributed by atoms with Crippen molar-refractivity contribution in [3.63, 3.8) is 0 Å². The molecule has 3 rings (SSSR count). The SMILES string of the molecule is CN1CCCC(c2cnc(NC3CCNC3)nc2)C1. The smallest absolute Gasteiger partial charge is 0.222 e. The molecule has 2 aliphatic rings. The van der Waals surface area contributed by atoms with E-state index in [0.29, 0.717) is 12.0 Å². The highest BCUT2D eigenvalue weighted by atomic mass is 15.1. The monoisotopic (exact) mass is 261 g/mol. The minimum absolute atomic E-state index is 0.478. The molecule has 1 aromatic heterocycles. The second kappa shape index (κ2) is 5.84. The van der Waals surface area contributed by atoms with Gasteiger partial charge in [-0.15, -0.1) is 0 Å². The third kappa shape index (κ3) is 3.22. The first-order valence-corrected chi connectivity index (χ1v) is 7.29. The molecule has 0 aliphatic carbocycles. The molecule has 0 spiro atoms. The predicted molar refractivity (Wildman–Crippen MR) is 76.4 cm³/mol. The molecule has 0 bridgehead atoms. The summed E-state index contributed by atoms with van der Waals surface area (Å²) >= 11 is 0. The first kappa shape index (κ1) is 12.8. The Labute approximate surface area is 114 Å². The maximum Gasteiger partial charge on any atom is 0.222 e. The number of piperidine rings is 1. The second-order valence-corrected chi connectivity index (χ2v) is 5.78. The van der Waals surface area contributed by atoms with E-state index < -0.39 is 0 Å². The van der Waals surface area contributed by atoms with Crippen molar-refractivity contribution >= 4 is 5.95 Å². The highest BCUT2D eigenvalue weighted by molar-refractivity contribution is 5.28. The Bertz CT molecular complexity index is 399. The lowest BCUT2D eigenvalue weighted by Gasteiger charge is -2.29. The van der Waals surface area contributed by atoms with Crippen LogP contribution in [-0.4, -0.2) is 54.1 Å². The van der Waals surface area contributed by atoms with Crippen LogP contribution in [0.15, 0.2) is 12.4 Å². The van der Waals surface area contributed by atoms with Crippen LogP contribution >= 0.6 is 0 Å². The molecule has 2 atom stereocenters. The van der Waals surface area contributed by atoms with Gasteiger partial charge in [-0.3, -0.25) is 0 Å². The van der Waals surface area contributed by atoms with Crippen LogP contribution in [-0.2, 0) is 0 Å². The first-order chi connectivity index (χ1) is 9.31. The summed E-state index contributed by atoms with van der Waals surface area (Å²) in [6.45, 7) is 4.44. The molecule has 2 aliphatic heterocycles. The zero-order valence-corrected chi connectivity index (χ0v) is 11.6. The summed E-state index contributed by atoms with van der Waals surface area (Å²) < 4.78 is 0. The van der Waals surface area contributed by atoms with E-state index in [0.717, 1.165) is 32.0 Å². The lowest BCUT2D eigenvalue weighted by Crippen LogP contribution is -2.31. The van der Waals surface area contributed by atoms with E-state index in [4.69, 9.17) is 0 Å². The number of likely N-dealkylation sites (tertiary alicyclic amines) is 1. The van der Waals surface area contributed by atoms with Crippen molar-refractivity contribution in [1.82, 2.24) is 20.2 Å². The summed E-state index contributed by atoms with van der Waals surface area (Å²) in [5.41, 5.74) is 1.28. The molecule has 5 heteroatoms. The van der Waals surface area contributed by atoms with E-state index >= 15 is 0 Å². The molecule has 0 saturated carbocycles. The van der Waals surface area contributed by atoms with Crippen molar-refractivity contribution in [3.05, 3.63) is 18.0 Å². The minimum Gasteiger partial charge on any atom is -0.350 e. The first-order valence-electron chi connectivity index (χ1n) is 7.29. The maximum absolute atomic E-state index is 4.47. The zero-order valence-electron chi connectivity index (χ0n) is 11.6. The number of likely N-dealkylation sites (N-methyl/N-ethyl adjacent to an activating group) is 1. The summed E-state index contributed by atoms with van der Waals surface area (Å²) in [5, 5.41) is 6.72. The fraction of sp³-hybridized carbons (Fsp3) is 0.714. The highest BCUT2D eigenvalue weighted by Crippen LogP contribution is 2.25. The molecule has 104 valence electrons. The van der Waals surface area contributed by atoms with Crippen LogP contribution in [0, 0.1) is 0 Å². The van der Waals surface area contributed by atoms with Crippen molar-refractivity contribution in [2.24, 2.45) is 0 Å². The average molecular weight is 261 g/mol.